The number of aromatic nitrogens is 4. The van der Waals surface area contributed by atoms with Gasteiger partial charge in [-0.25, -0.2) is 4.39 Å². The molecular weight excluding hydrogens is 333 g/mol. The molecule has 3 aromatic rings. The summed E-state index contributed by atoms with van der Waals surface area (Å²) in [5, 5.41) is 12.8. The molecule has 2 heterocycles. The first kappa shape index (κ1) is 16.4. The number of tetrazole rings is 1. The fourth-order valence-electron chi connectivity index (χ4n) is 3.19. The molecule has 1 atom stereocenters. The third-order valence-electron chi connectivity index (χ3n) is 4.56. The number of hydrogen-bond acceptors (Lipinski definition) is 4. The van der Waals surface area contributed by atoms with E-state index in [1.165, 1.54) is 24.3 Å². The van der Waals surface area contributed by atoms with Gasteiger partial charge in [0.25, 0.3) is 5.91 Å². The highest BCUT2D eigenvalue weighted by atomic mass is 19.1. The number of rotatable bonds is 3. The zero-order valence-electron chi connectivity index (χ0n) is 14.1. The lowest BCUT2D eigenvalue weighted by Gasteiger charge is -2.31. The van der Waals surface area contributed by atoms with Gasteiger partial charge in [-0.3, -0.25) is 4.79 Å². The van der Waals surface area contributed by atoms with Gasteiger partial charge in [-0.2, -0.15) is 4.80 Å². The molecule has 0 radical (unpaired) electrons. The van der Waals surface area contributed by atoms with Crippen LogP contribution in [0.25, 0.3) is 11.4 Å². The Labute approximate surface area is 150 Å². The fraction of sp³-hybridized carbons (Fsp3) is 0.263. The zero-order chi connectivity index (χ0) is 17.9. The molecule has 1 aromatic heterocycles. The second kappa shape index (κ2) is 7.03. The van der Waals surface area contributed by atoms with Gasteiger partial charge < -0.3 is 4.90 Å². The van der Waals surface area contributed by atoms with Crippen molar-refractivity contribution >= 4 is 5.91 Å². The Morgan fingerprint density at radius 3 is 2.62 bits per heavy atom. The van der Waals surface area contributed by atoms with Crippen LogP contribution in [0.1, 0.15) is 29.2 Å². The van der Waals surface area contributed by atoms with Gasteiger partial charge in [-0.1, -0.05) is 30.3 Å². The minimum Gasteiger partial charge on any atom is -0.336 e. The Morgan fingerprint density at radius 2 is 1.85 bits per heavy atom. The molecule has 7 heteroatoms. The third kappa shape index (κ3) is 3.33. The van der Waals surface area contributed by atoms with Crippen LogP contribution in [0.2, 0.25) is 0 Å². The van der Waals surface area contributed by atoms with Crippen LogP contribution in [0.15, 0.2) is 54.6 Å². The van der Waals surface area contributed by atoms with Crippen molar-refractivity contribution in [3.8, 4) is 11.4 Å². The predicted molar refractivity (Wildman–Crippen MR) is 93.8 cm³/mol. The highest BCUT2D eigenvalue weighted by Crippen LogP contribution is 2.23. The molecule has 0 saturated carbocycles. The molecule has 26 heavy (non-hydrogen) atoms. The molecule has 1 amide bonds. The number of nitrogens with zero attached hydrogens (tertiary/aromatic N) is 5. The van der Waals surface area contributed by atoms with Crippen molar-refractivity contribution in [2.45, 2.75) is 18.9 Å². The molecule has 0 bridgehead atoms. The molecule has 1 fully saturated rings. The quantitative estimate of drug-likeness (QED) is 0.728. The van der Waals surface area contributed by atoms with E-state index in [2.05, 4.69) is 15.4 Å². The first-order valence-electron chi connectivity index (χ1n) is 8.60. The number of piperidine rings is 1. The van der Waals surface area contributed by atoms with E-state index in [1.54, 1.807) is 9.70 Å². The highest BCUT2D eigenvalue weighted by Gasteiger charge is 2.27. The van der Waals surface area contributed by atoms with E-state index in [9.17, 15) is 9.18 Å². The van der Waals surface area contributed by atoms with Gasteiger partial charge in [-0.15, -0.1) is 10.2 Å². The molecule has 0 aliphatic carbocycles. The SMILES string of the molecule is O=C(c1ccc(F)cc1)N1CCCC(n2nnc(-c3ccccc3)n2)C1. The summed E-state index contributed by atoms with van der Waals surface area (Å²) in [6.07, 6.45) is 1.75. The normalized spacial score (nSPS) is 17.3. The molecule has 4 rings (SSSR count). The van der Waals surface area contributed by atoms with Gasteiger partial charge >= 0.3 is 0 Å². The number of carbonyl (C=O) groups excluding carboxylic acids is 1. The van der Waals surface area contributed by atoms with Crippen molar-refractivity contribution in [1.29, 1.82) is 0 Å². The maximum atomic E-state index is 13.1. The van der Waals surface area contributed by atoms with Gasteiger partial charge in [0, 0.05) is 24.2 Å². The van der Waals surface area contributed by atoms with Crippen LogP contribution in [0, 0.1) is 5.82 Å². The maximum Gasteiger partial charge on any atom is 0.253 e. The van der Waals surface area contributed by atoms with Crippen molar-refractivity contribution in [3.05, 3.63) is 66.0 Å². The molecule has 132 valence electrons. The summed E-state index contributed by atoms with van der Waals surface area (Å²) in [5.74, 6) is 0.129. The van der Waals surface area contributed by atoms with Crippen molar-refractivity contribution < 1.29 is 9.18 Å². The number of halogens is 1. The molecule has 2 aromatic carbocycles. The molecule has 6 nitrogen and oxygen atoms in total. The Bertz CT molecular complexity index is 894. The lowest BCUT2D eigenvalue weighted by molar-refractivity contribution is 0.0663. The second-order valence-corrected chi connectivity index (χ2v) is 6.35. The van der Waals surface area contributed by atoms with Crippen molar-refractivity contribution in [2.24, 2.45) is 0 Å². The molecule has 1 unspecified atom stereocenters. The topological polar surface area (TPSA) is 63.9 Å². The minimum atomic E-state index is -0.349. The lowest BCUT2D eigenvalue weighted by Crippen LogP contribution is -2.41. The van der Waals surface area contributed by atoms with Crippen molar-refractivity contribution in [3.63, 3.8) is 0 Å². The summed E-state index contributed by atoms with van der Waals surface area (Å²) in [4.78, 5) is 16.0. The number of carbonyl (C=O) groups is 1. The summed E-state index contributed by atoms with van der Waals surface area (Å²) >= 11 is 0. The summed E-state index contributed by atoms with van der Waals surface area (Å²) in [6.45, 7) is 1.19. The smallest absolute Gasteiger partial charge is 0.253 e. The Balaban J connectivity index is 1.49. The van der Waals surface area contributed by atoms with Gasteiger partial charge in [0.15, 0.2) is 0 Å². The van der Waals surface area contributed by atoms with Crippen LogP contribution in [-0.2, 0) is 0 Å². The fourth-order valence-corrected chi connectivity index (χ4v) is 3.19. The van der Waals surface area contributed by atoms with Gasteiger partial charge in [-0.05, 0) is 42.3 Å². The van der Waals surface area contributed by atoms with Crippen LogP contribution in [0.4, 0.5) is 4.39 Å². The minimum absolute atomic E-state index is 0.0156. The summed E-state index contributed by atoms with van der Waals surface area (Å²) in [6, 6.07) is 15.3. The van der Waals surface area contributed by atoms with Crippen molar-refractivity contribution in [2.75, 3.05) is 13.1 Å². The van der Waals surface area contributed by atoms with E-state index in [-0.39, 0.29) is 17.8 Å². The Morgan fingerprint density at radius 1 is 1.08 bits per heavy atom. The molecule has 0 N–H and O–H groups in total. The Hall–Kier alpha value is -3.09. The first-order valence-corrected chi connectivity index (χ1v) is 8.60. The molecule has 0 spiro atoms. The summed E-state index contributed by atoms with van der Waals surface area (Å²) < 4.78 is 13.1. The van der Waals surface area contributed by atoms with E-state index >= 15 is 0 Å². The summed E-state index contributed by atoms with van der Waals surface area (Å²) in [7, 11) is 0. The number of likely N-dealkylation sites (tertiary alicyclic amines) is 1. The van der Waals surface area contributed by atoms with Gasteiger partial charge in [0.2, 0.25) is 5.82 Å². The van der Waals surface area contributed by atoms with Crippen molar-refractivity contribution in [1.82, 2.24) is 25.1 Å². The monoisotopic (exact) mass is 351 g/mol. The molecular formula is C19H18FN5O. The van der Waals surface area contributed by atoms with Crippen LogP contribution in [0.5, 0.6) is 0 Å². The number of benzene rings is 2. The van der Waals surface area contributed by atoms with E-state index in [1.807, 2.05) is 30.3 Å². The number of amides is 1. The van der Waals surface area contributed by atoms with Crippen LogP contribution in [0.3, 0.4) is 0 Å². The second-order valence-electron chi connectivity index (χ2n) is 6.35. The van der Waals surface area contributed by atoms with Gasteiger partial charge in [0.05, 0.1) is 6.04 Å². The molecule has 1 aliphatic heterocycles. The average Bonchev–Trinajstić information content (AvgIpc) is 3.19. The third-order valence-corrected chi connectivity index (χ3v) is 4.56. The number of hydrogen-bond donors (Lipinski definition) is 0. The zero-order valence-corrected chi connectivity index (χ0v) is 14.1. The predicted octanol–water partition coefficient (Wildman–Crippen LogP) is 2.96. The van der Waals surface area contributed by atoms with Gasteiger partial charge in [0.1, 0.15) is 5.82 Å². The maximum absolute atomic E-state index is 13.1. The van der Waals surface area contributed by atoms with E-state index in [0.29, 0.717) is 24.5 Å². The van der Waals surface area contributed by atoms with Crippen LogP contribution in [-0.4, -0.2) is 44.1 Å². The first-order chi connectivity index (χ1) is 12.7. The largest absolute Gasteiger partial charge is 0.336 e. The van der Waals surface area contributed by atoms with E-state index in [4.69, 9.17) is 0 Å². The standard InChI is InChI=1S/C19H18FN5O/c20-16-10-8-15(9-11-16)19(26)24-12-4-7-17(13-24)25-22-18(21-23-25)14-5-2-1-3-6-14/h1-3,5-6,8-11,17H,4,7,12-13H2. The van der Waals surface area contributed by atoms with E-state index < -0.39 is 0 Å². The van der Waals surface area contributed by atoms with E-state index in [0.717, 1.165) is 18.4 Å². The van der Waals surface area contributed by atoms with Crippen LogP contribution < -0.4 is 0 Å². The Kier molecular flexibility index (Phi) is 4.43. The summed E-state index contributed by atoms with van der Waals surface area (Å²) in [5.41, 5.74) is 1.40. The molecule has 1 aliphatic rings. The molecule has 1 saturated heterocycles. The lowest BCUT2D eigenvalue weighted by atomic mass is 10.0. The average molecular weight is 351 g/mol. The highest BCUT2D eigenvalue weighted by molar-refractivity contribution is 5.94. The van der Waals surface area contributed by atoms with Crippen LogP contribution >= 0.6 is 0 Å².